The van der Waals surface area contributed by atoms with E-state index in [0.717, 1.165) is 26.1 Å². The van der Waals surface area contributed by atoms with Gasteiger partial charge in [-0.05, 0) is 33.4 Å². The fourth-order valence-electron chi connectivity index (χ4n) is 2.50. The number of hydrogen-bond donors (Lipinski definition) is 2. The zero-order chi connectivity index (χ0) is 14.5. The molecular weight excluding hydrogens is 257 g/mol. The fourth-order valence-corrected chi connectivity index (χ4v) is 2.50. The first-order valence-electron chi connectivity index (χ1n) is 6.73. The number of piperazine rings is 1. The number of nitrogens with zero attached hydrogens (tertiary/aromatic N) is 2. The number of rotatable bonds is 6. The number of hydrogen-bond acceptors (Lipinski definition) is 4. The van der Waals surface area contributed by atoms with Crippen LogP contribution in [-0.2, 0) is 0 Å². The monoisotopic (exact) mass is 282 g/mol. The Bertz CT molecular complexity index is 260. The molecule has 3 N–H and O–H groups in total. The highest BCUT2D eigenvalue weighted by molar-refractivity contribution is 4.82. The number of halogens is 3. The third-order valence-electron chi connectivity index (χ3n) is 3.79. The van der Waals surface area contributed by atoms with E-state index in [1.807, 2.05) is 0 Å². The van der Waals surface area contributed by atoms with Crippen LogP contribution >= 0.6 is 0 Å². The summed E-state index contributed by atoms with van der Waals surface area (Å²) in [4.78, 5) is 4.50. The van der Waals surface area contributed by atoms with Gasteiger partial charge in [-0.15, -0.1) is 0 Å². The van der Waals surface area contributed by atoms with E-state index in [0.29, 0.717) is 12.5 Å². The van der Waals surface area contributed by atoms with E-state index in [1.54, 1.807) is 0 Å². The Morgan fingerprint density at radius 1 is 1.32 bits per heavy atom. The van der Waals surface area contributed by atoms with Crippen molar-refractivity contribution in [1.29, 1.82) is 0 Å². The van der Waals surface area contributed by atoms with Crippen molar-refractivity contribution in [1.82, 2.24) is 15.2 Å². The topological polar surface area (TPSA) is 44.5 Å². The van der Waals surface area contributed by atoms with Crippen LogP contribution in [0.2, 0.25) is 0 Å². The van der Waals surface area contributed by atoms with Crippen LogP contribution in [0.5, 0.6) is 0 Å². The second kappa shape index (κ2) is 7.42. The average Bonchev–Trinajstić information content (AvgIpc) is 2.30. The summed E-state index contributed by atoms with van der Waals surface area (Å²) >= 11 is 0. The van der Waals surface area contributed by atoms with Crippen molar-refractivity contribution >= 4 is 0 Å². The molecule has 114 valence electrons. The Labute approximate surface area is 113 Å². The van der Waals surface area contributed by atoms with Gasteiger partial charge in [0.2, 0.25) is 0 Å². The molecular formula is C12H25F3N4. The van der Waals surface area contributed by atoms with E-state index < -0.39 is 12.6 Å². The molecule has 0 amide bonds. The second-order valence-corrected chi connectivity index (χ2v) is 5.50. The summed E-state index contributed by atoms with van der Waals surface area (Å²) in [6, 6.07) is 0.298. The lowest BCUT2D eigenvalue weighted by Gasteiger charge is -2.39. The number of nitrogens with two attached hydrogens (primary N) is 1. The lowest BCUT2D eigenvalue weighted by atomic mass is 9.99. The fraction of sp³-hybridized carbons (Fsp3) is 1.00. The Morgan fingerprint density at radius 3 is 2.58 bits per heavy atom. The van der Waals surface area contributed by atoms with Gasteiger partial charge in [-0.3, -0.25) is 11.3 Å². The van der Waals surface area contributed by atoms with E-state index in [9.17, 15) is 13.2 Å². The molecule has 1 heterocycles. The highest BCUT2D eigenvalue weighted by atomic mass is 19.4. The zero-order valence-corrected chi connectivity index (χ0v) is 11.7. The Balaban J connectivity index is 2.34. The molecule has 1 saturated heterocycles. The highest BCUT2D eigenvalue weighted by Gasteiger charge is 2.28. The quantitative estimate of drug-likeness (QED) is 0.567. The summed E-state index contributed by atoms with van der Waals surface area (Å²) in [7, 11) is 4.12. The van der Waals surface area contributed by atoms with Crippen molar-refractivity contribution in [2.24, 2.45) is 5.84 Å². The van der Waals surface area contributed by atoms with E-state index in [-0.39, 0.29) is 12.5 Å². The third kappa shape index (κ3) is 6.56. The van der Waals surface area contributed by atoms with Crippen molar-refractivity contribution < 1.29 is 13.2 Å². The van der Waals surface area contributed by atoms with E-state index in [1.165, 1.54) is 0 Å². The van der Waals surface area contributed by atoms with Crippen molar-refractivity contribution in [3.63, 3.8) is 0 Å². The maximum Gasteiger partial charge on any atom is 0.389 e. The zero-order valence-electron chi connectivity index (χ0n) is 11.7. The van der Waals surface area contributed by atoms with E-state index in [4.69, 9.17) is 5.84 Å². The second-order valence-electron chi connectivity index (χ2n) is 5.50. The smallest absolute Gasteiger partial charge is 0.304 e. The predicted molar refractivity (Wildman–Crippen MR) is 69.5 cm³/mol. The van der Waals surface area contributed by atoms with Crippen LogP contribution in [0, 0.1) is 0 Å². The van der Waals surface area contributed by atoms with Gasteiger partial charge >= 0.3 is 6.18 Å². The van der Waals surface area contributed by atoms with E-state index in [2.05, 4.69) is 29.3 Å². The average molecular weight is 282 g/mol. The van der Waals surface area contributed by atoms with Crippen LogP contribution in [0.1, 0.15) is 25.7 Å². The molecule has 4 nitrogen and oxygen atoms in total. The minimum Gasteiger partial charge on any atom is -0.304 e. The number of nitrogens with one attached hydrogen (secondary N) is 1. The van der Waals surface area contributed by atoms with Gasteiger partial charge in [0.05, 0.1) is 0 Å². The van der Waals surface area contributed by atoms with E-state index >= 15 is 0 Å². The minimum absolute atomic E-state index is 0.0544. The maximum absolute atomic E-state index is 12.1. The molecule has 0 aromatic rings. The molecule has 2 unspecified atom stereocenters. The molecule has 0 saturated carbocycles. The summed E-state index contributed by atoms with van der Waals surface area (Å²) in [5, 5.41) is 0. The predicted octanol–water partition coefficient (Wildman–Crippen LogP) is 1.19. The molecule has 1 rings (SSSR count). The first-order chi connectivity index (χ1) is 8.81. The molecule has 0 aromatic heterocycles. The molecule has 0 spiro atoms. The summed E-state index contributed by atoms with van der Waals surface area (Å²) in [5.41, 5.74) is 2.66. The van der Waals surface area contributed by atoms with Gasteiger partial charge in [-0.25, -0.2) is 0 Å². The van der Waals surface area contributed by atoms with Crippen LogP contribution < -0.4 is 11.3 Å². The molecule has 0 aliphatic carbocycles. The van der Waals surface area contributed by atoms with Crippen LogP contribution in [0.3, 0.4) is 0 Å². The molecule has 1 fully saturated rings. The summed E-state index contributed by atoms with van der Waals surface area (Å²) < 4.78 is 36.3. The van der Waals surface area contributed by atoms with Crippen molar-refractivity contribution in [3.05, 3.63) is 0 Å². The summed E-state index contributed by atoms with van der Waals surface area (Å²) in [5.74, 6) is 5.46. The first kappa shape index (κ1) is 16.7. The molecule has 7 heteroatoms. The number of hydrazine groups is 1. The molecule has 0 aromatic carbocycles. The molecule has 2 atom stereocenters. The maximum atomic E-state index is 12.1. The van der Waals surface area contributed by atoms with Crippen LogP contribution in [-0.4, -0.2) is 61.8 Å². The molecule has 0 bridgehead atoms. The van der Waals surface area contributed by atoms with Crippen molar-refractivity contribution in [2.75, 3.05) is 33.7 Å². The molecule has 19 heavy (non-hydrogen) atoms. The molecule has 0 radical (unpaired) electrons. The van der Waals surface area contributed by atoms with Crippen LogP contribution in [0.15, 0.2) is 0 Å². The van der Waals surface area contributed by atoms with Gasteiger partial charge in [0, 0.05) is 38.1 Å². The first-order valence-corrected chi connectivity index (χ1v) is 6.73. The lowest BCUT2D eigenvalue weighted by molar-refractivity contribution is -0.135. The molecule has 1 aliphatic heterocycles. The van der Waals surface area contributed by atoms with Crippen LogP contribution in [0.25, 0.3) is 0 Å². The third-order valence-corrected chi connectivity index (χ3v) is 3.79. The van der Waals surface area contributed by atoms with Crippen molar-refractivity contribution in [2.45, 2.75) is 43.9 Å². The van der Waals surface area contributed by atoms with Gasteiger partial charge in [0.25, 0.3) is 0 Å². The molecule has 1 aliphatic rings. The van der Waals surface area contributed by atoms with Gasteiger partial charge in [-0.1, -0.05) is 0 Å². The lowest BCUT2D eigenvalue weighted by Crippen LogP contribution is -2.52. The summed E-state index contributed by atoms with van der Waals surface area (Å²) in [6.07, 6.45) is -3.42. The number of alkyl halides is 3. The van der Waals surface area contributed by atoms with Gasteiger partial charge < -0.3 is 9.80 Å². The van der Waals surface area contributed by atoms with Gasteiger partial charge in [-0.2, -0.15) is 13.2 Å². The van der Waals surface area contributed by atoms with Gasteiger partial charge in [0.1, 0.15) is 0 Å². The SMILES string of the molecule is CN1CCN(C)C(CC(CCCC(F)(F)F)NN)C1. The Morgan fingerprint density at radius 2 is 2.00 bits per heavy atom. The summed E-state index contributed by atoms with van der Waals surface area (Å²) in [6.45, 7) is 2.96. The standard InChI is InChI=1S/C12H25F3N4/c1-18-6-7-19(2)11(9-18)8-10(17-16)4-3-5-12(13,14)15/h10-11,17H,3-9,16H2,1-2H3. The highest BCUT2D eigenvalue weighted by Crippen LogP contribution is 2.23. The van der Waals surface area contributed by atoms with Crippen LogP contribution in [0.4, 0.5) is 13.2 Å². The number of likely N-dealkylation sites (N-methyl/N-ethyl adjacent to an activating group) is 2. The normalized spacial score (nSPS) is 24.6. The Kier molecular flexibility index (Phi) is 6.52. The Hall–Kier alpha value is -0.370. The van der Waals surface area contributed by atoms with Crippen molar-refractivity contribution in [3.8, 4) is 0 Å². The largest absolute Gasteiger partial charge is 0.389 e. The minimum atomic E-state index is -4.07. The van der Waals surface area contributed by atoms with Gasteiger partial charge in [0.15, 0.2) is 0 Å².